The molecule has 0 saturated heterocycles. The SMILES string of the molecule is CCc1ccc(OCC(=O)NC2CCCC(C)C2C)cc1. The van der Waals surface area contributed by atoms with Crippen molar-refractivity contribution >= 4 is 5.91 Å². The van der Waals surface area contributed by atoms with Crippen molar-refractivity contribution in [2.24, 2.45) is 11.8 Å². The fourth-order valence-electron chi connectivity index (χ4n) is 3.00. The van der Waals surface area contributed by atoms with Crippen LogP contribution in [0.25, 0.3) is 0 Å². The van der Waals surface area contributed by atoms with Gasteiger partial charge < -0.3 is 10.1 Å². The second-order valence-electron chi connectivity index (χ2n) is 6.23. The van der Waals surface area contributed by atoms with Gasteiger partial charge in [0, 0.05) is 6.04 Å². The summed E-state index contributed by atoms with van der Waals surface area (Å²) in [6.07, 6.45) is 4.57. The molecule has 1 saturated carbocycles. The number of benzene rings is 1. The highest BCUT2D eigenvalue weighted by Crippen LogP contribution is 2.29. The van der Waals surface area contributed by atoms with Crippen LogP contribution in [0, 0.1) is 11.8 Å². The maximum atomic E-state index is 12.0. The maximum absolute atomic E-state index is 12.0. The first kappa shape index (κ1) is 15.9. The Morgan fingerprint density at radius 1 is 1.24 bits per heavy atom. The highest BCUT2D eigenvalue weighted by atomic mass is 16.5. The van der Waals surface area contributed by atoms with Crippen molar-refractivity contribution in [2.45, 2.75) is 52.5 Å². The Morgan fingerprint density at radius 2 is 1.95 bits per heavy atom. The van der Waals surface area contributed by atoms with Crippen LogP contribution in [0.2, 0.25) is 0 Å². The van der Waals surface area contributed by atoms with Crippen molar-refractivity contribution in [1.29, 1.82) is 0 Å². The van der Waals surface area contributed by atoms with Gasteiger partial charge in [-0.05, 0) is 42.4 Å². The molecular weight excluding hydrogens is 262 g/mol. The molecular formula is C18H27NO2. The molecule has 1 amide bonds. The minimum Gasteiger partial charge on any atom is -0.484 e. The van der Waals surface area contributed by atoms with Crippen LogP contribution in [0.4, 0.5) is 0 Å². The maximum Gasteiger partial charge on any atom is 0.258 e. The van der Waals surface area contributed by atoms with Crippen molar-refractivity contribution in [3.63, 3.8) is 0 Å². The number of carbonyl (C=O) groups is 1. The lowest BCUT2D eigenvalue weighted by Gasteiger charge is -2.34. The number of hydrogen-bond acceptors (Lipinski definition) is 2. The normalized spacial score (nSPS) is 25.4. The summed E-state index contributed by atoms with van der Waals surface area (Å²) in [4.78, 5) is 12.0. The number of nitrogens with one attached hydrogen (secondary N) is 1. The molecule has 0 heterocycles. The summed E-state index contributed by atoms with van der Waals surface area (Å²) in [5.74, 6) is 1.98. The van der Waals surface area contributed by atoms with Gasteiger partial charge >= 0.3 is 0 Å². The lowest BCUT2D eigenvalue weighted by molar-refractivity contribution is -0.124. The molecule has 1 aliphatic carbocycles. The quantitative estimate of drug-likeness (QED) is 0.900. The standard InChI is InChI=1S/C18H27NO2/c1-4-15-8-10-16(11-9-15)21-12-18(20)19-17-7-5-6-13(2)14(17)3/h8-11,13-14,17H,4-7,12H2,1-3H3,(H,19,20). The number of carbonyl (C=O) groups excluding carboxylic acids is 1. The van der Waals surface area contributed by atoms with E-state index in [4.69, 9.17) is 4.74 Å². The van der Waals surface area contributed by atoms with E-state index in [1.165, 1.54) is 18.4 Å². The molecule has 3 heteroatoms. The van der Waals surface area contributed by atoms with E-state index in [1.54, 1.807) is 0 Å². The van der Waals surface area contributed by atoms with Gasteiger partial charge in [0.2, 0.25) is 0 Å². The van der Waals surface area contributed by atoms with Gasteiger partial charge in [-0.1, -0.05) is 45.7 Å². The Balaban J connectivity index is 1.78. The van der Waals surface area contributed by atoms with Crippen molar-refractivity contribution in [3.05, 3.63) is 29.8 Å². The van der Waals surface area contributed by atoms with E-state index in [-0.39, 0.29) is 12.5 Å². The third-order valence-corrected chi connectivity index (χ3v) is 4.75. The van der Waals surface area contributed by atoms with E-state index in [9.17, 15) is 4.79 Å². The molecule has 116 valence electrons. The van der Waals surface area contributed by atoms with Crippen LogP contribution in [-0.4, -0.2) is 18.6 Å². The van der Waals surface area contributed by atoms with E-state index in [0.717, 1.165) is 18.6 Å². The van der Waals surface area contributed by atoms with E-state index in [1.807, 2.05) is 24.3 Å². The second kappa shape index (κ2) is 7.48. The van der Waals surface area contributed by atoms with Gasteiger partial charge in [0.1, 0.15) is 5.75 Å². The summed E-state index contributed by atoms with van der Waals surface area (Å²) in [6, 6.07) is 8.23. The van der Waals surface area contributed by atoms with Crippen LogP contribution in [0.15, 0.2) is 24.3 Å². The topological polar surface area (TPSA) is 38.3 Å². The molecule has 3 atom stereocenters. The van der Waals surface area contributed by atoms with E-state index >= 15 is 0 Å². The van der Waals surface area contributed by atoms with Crippen molar-refractivity contribution in [2.75, 3.05) is 6.61 Å². The number of rotatable bonds is 5. The number of ether oxygens (including phenoxy) is 1. The number of hydrogen-bond donors (Lipinski definition) is 1. The second-order valence-corrected chi connectivity index (χ2v) is 6.23. The fourth-order valence-corrected chi connectivity index (χ4v) is 3.00. The van der Waals surface area contributed by atoms with Crippen LogP contribution in [0.3, 0.4) is 0 Å². The Kier molecular flexibility index (Phi) is 5.66. The minimum absolute atomic E-state index is 0.0134. The summed E-state index contributed by atoms with van der Waals surface area (Å²) in [6.45, 7) is 6.73. The molecule has 1 N–H and O–H groups in total. The van der Waals surface area contributed by atoms with Gasteiger partial charge in [-0.15, -0.1) is 0 Å². The van der Waals surface area contributed by atoms with Crippen LogP contribution in [0.5, 0.6) is 5.75 Å². The monoisotopic (exact) mass is 289 g/mol. The zero-order valence-corrected chi connectivity index (χ0v) is 13.4. The highest BCUT2D eigenvalue weighted by molar-refractivity contribution is 5.77. The van der Waals surface area contributed by atoms with Crippen LogP contribution in [-0.2, 0) is 11.2 Å². The predicted octanol–water partition coefficient (Wildman–Crippen LogP) is 3.57. The van der Waals surface area contributed by atoms with Crippen molar-refractivity contribution in [1.82, 2.24) is 5.32 Å². The first-order chi connectivity index (χ1) is 10.1. The van der Waals surface area contributed by atoms with Gasteiger partial charge in [0.05, 0.1) is 0 Å². The summed E-state index contributed by atoms with van der Waals surface area (Å²) < 4.78 is 5.56. The molecule has 2 rings (SSSR count). The fraction of sp³-hybridized carbons (Fsp3) is 0.611. The molecule has 0 radical (unpaired) electrons. The Morgan fingerprint density at radius 3 is 2.62 bits per heavy atom. The Bertz CT molecular complexity index is 455. The summed E-state index contributed by atoms with van der Waals surface area (Å²) in [5, 5.41) is 3.13. The smallest absolute Gasteiger partial charge is 0.258 e. The third kappa shape index (κ3) is 4.48. The van der Waals surface area contributed by atoms with E-state index in [2.05, 4.69) is 26.1 Å². The van der Waals surface area contributed by atoms with Gasteiger partial charge in [-0.2, -0.15) is 0 Å². The average molecular weight is 289 g/mol. The van der Waals surface area contributed by atoms with Crippen molar-refractivity contribution < 1.29 is 9.53 Å². The van der Waals surface area contributed by atoms with Gasteiger partial charge in [-0.25, -0.2) is 0 Å². The van der Waals surface area contributed by atoms with Crippen LogP contribution in [0.1, 0.15) is 45.6 Å². The first-order valence-corrected chi connectivity index (χ1v) is 8.11. The summed E-state index contributed by atoms with van der Waals surface area (Å²) in [5.41, 5.74) is 1.27. The van der Waals surface area contributed by atoms with Gasteiger partial charge in [-0.3, -0.25) is 4.79 Å². The molecule has 1 aromatic carbocycles. The largest absolute Gasteiger partial charge is 0.484 e. The molecule has 1 aliphatic rings. The summed E-state index contributed by atoms with van der Waals surface area (Å²) in [7, 11) is 0. The van der Waals surface area contributed by atoms with Crippen LogP contribution >= 0.6 is 0 Å². The first-order valence-electron chi connectivity index (χ1n) is 8.11. The van der Waals surface area contributed by atoms with E-state index < -0.39 is 0 Å². The molecule has 0 spiro atoms. The molecule has 3 nitrogen and oxygen atoms in total. The minimum atomic E-state index is -0.0134. The highest BCUT2D eigenvalue weighted by Gasteiger charge is 2.28. The molecule has 0 aromatic heterocycles. The molecule has 0 bridgehead atoms. The molecule has 1 fully saturated rings. The summed E-state index contributed by atoms with van der Waals surface area (Å²) >= 11 is 0. The van der Waals surface area contributed by atoms with Gasteiger partial charge in [0.25, 0.3) is 5.91 Å². The predicted molar refractivity (Wildman–Crippen MR) is 85.4 cm³/mol. The molecule has 0 aliphatic heterocycles. The zero-order valence-electron chi connectivity index (χ0n) is 13.4. The molecule has 21 heavy (non-hydrogen) atoms. The zero-order chi connectivity index (χ0) is 15.2. The Labute approximate surface area is 128 Å². The lowest BCUT2D eigenvalue weighted by Crippen LogP contribution is -2.45. The number of aryl methyl sites for hydroxylation is 1. The van der Waals surface area contributed by atoms with Crippen LogP contribution < -0.4 is 10.1 Å². The van der Waals surface area contributed by atoms with Crippen molar-refractivity contribution in [3.8, 4) is 5.75 Å². The average Bonchev–Trinajstić information content (AvgIpc) is 2.50. The van der Waals surface area contributed by atoms with Gasteiger partial charge in [0.15, 0.2) is 6.61 Å². The lowest BCUT2D eigenvalue weighted by atomic mass is 9.78. The Hall–Kier alpha value is -1.51. The molecule has 3 unspecified atom stereocenters. The van der Waals surface area contributed by atoms with E-state index in [0.29, 0.717) is 17.9 Å². The number of amides is 1. The molecule has 1 aromatic rings. The third-order valence-electron chi connectivity index (χ3n) is 4.75.